The summed E-state index contributed by atoms with van der Waals surface area (Å²) in [6.07, 6.45) is 0. The summed E-state index contributed by atoms with van der Waals surface area (Å²) in [6, 6.07) is 1.55. The molecule has 0 aliphatic rings. The lowest BCUT2D eigenvalue weighted by molar-refractivity contribution is 1.01. The summed E-state index contributed by atoms with van der Waals surface area (Å²) in [5.41, 5.74) is 0.518. The molecule has 0 aliphatic heterocycles. The van der Waals surface area contributed by atoms with Crippen molar-refractivity contribution < 1.29 is 0 Å². The molecule has 0 atom stereocenters. The van der Waals surface area contributed by atoms with Crippen molar-refractivity contribution in [1.82, 2.24) is 10.2 Å². The van der Waals surface area contributed by atoms with Crippen molar-refractivity contribution in [3.05, 3.63) is 28.9 Å². The number of aromatic nitrogens is 2. The first-order valence-corrected chi connectivity index (χ1v) is 2.96. The van der Waals surface area contributed by atoms with Crippen LogP contribution < -0.4 is 0 Å². The maximum atomic E-state index is 5.54. The second-order valence-electron chi connectivity index (χ2n) is 1.47. The van der Waals surface area contributed by atoms with Gasteiger partial charge in [0.15, 0.2) is 5.15 Å². The van der Waals surface area contributed by atoms with Gasteiger partial charge >= 0.3 is 0 Å². The van der Waals surface area contributed by atoms with Gasteiger partial charge in [-0.25, -0.2) is 0 Å². The van der Waals surface area contributed by atoms with E-state index in [0.29, 0.717) is 10.7 Å². The van der Waals surface area contributed by atoms with Crippen molar-refractivity contribution in [2.75, 3.05) is 0 Å². The molecule has 0 saturated heterocycles. The smallest absolute Gasteiger partial charge is 0.154 e. The third-order valence-corrected chi connectivity index (χ3v) is 1.42. The summed E-state index contributed by atoms with van der Waals surface area (Å²) >= 11 is 11.0. The van der Waals surface area contributed by atoms with Gasteiger partial charge in [-0.05, 0) is 13.0 Å². The van der Waals surface area contributed by atoms with Crippen LogP contribution >= 0.6 is 23.2 Å². The zero-order valence-electron chi connectivity index (χ0n) is 4.43. The molecule has 0 aromatic carbocycles. The maximum absolute atomic E-state index is 5.54. The SMILES string of the molecule is [CH2]c1cc(Cl)c(Cl)nn1. The molecule has 0 aliphatic carbocycles. The Labute approximate surface area is 62.8 Å². The van der Waals surface area contributed by atoms with Crippen molar-refractivity contribution in [3.8, 4) is 0 Å². The molecular formula is C5H3Cl2N2. The number of rotatable bonds is 0. The van der Waals surface area contributed by atoms with E-state index in [0.717, 1.165) is 0 Å². The second kappa shape index (κ2) is 2.50. The van der Waals surface area contributed by atoms with Gasteiger partial charge in [0, 0.05) is 0 Å². The van der Waals surface area contributed by atoms with Crippen LogP contribution in [0.25, 0.3) is 0 Å². The van der Waals surface area contributed by atoms with Crippen LogP contribution in [0.15, 0.2) is 6.07 Å². The molecule has 0 saturated carbocycles. The highest BCUT2D eigenvalue weighted by molar-refractivity contribution is 6.41. The molecule has 4 heteroatoms. The molecular weight excluding hydrogens is 159 g/mol. The predicted molar refractivity (Wildman–Crippen MR) is 36.5 cm³/mol. The molecule has 1 aromatic rings. The zero-order valence-corrected chi connectivity index (χ0v) is 5.95. The Morgan fingerprint density at radius 3 is 2.44 bits per heavy atom. The van der Waals surface area contributed by atoms with Gasteiger partial charge in [0.05, 0.1) is 10.7 Å². The first-order chi connectivity index (χ1) is 4.20. The summed E-state index contributed by atoms with van der Waals surface area (Å²) in [5, 5.41) is 7.66. The molecule has 0 spiro atoms. The maximum Gasteiger partial charge on any atom is 0.170 e. The summed E-state index contributed by atoms with van der Waals surface area (Å²) in [6.45, 7) is 3.51. The Morgan fingerprint density at radius 2 is 2.00 bits per heavy atom. The molecule has 0 fully saturated rings. The van der Waals surface area contributed by atoms with Crippen molar-refractivity contribution in [3.63, 3.8) is 0 Å². The van der Waals surface area contributed by atoms with Gasteiger partial charge in [0.2, 0.25) is 0 Å². The molecule has 0 amide bonds. The Balaban J connectivity index is 3.17. The monoisotopic (exact) mass is 161 g/mol. The van der Waals surface area contributed by atoms with Crippen LogP contribution in [0.2, 0.25) is 10.2 Å². The third-order valence-electron chi connectivity index (χ3n) is 0.757. The standard InChI is InChI=1S/C5H3Cl2N2/c1-3-2-4(6)5(7)9-8-3/h2H,1H2. The van der Waals surface area contributed by atoms with E-state index in [2.05, 4.69) is 17.1 Å². The fourth-order valence-electron chi connectivity index (χ4n) is 0.391. The first-order valence-electron chi connectivity index (χ1n) is 2.21. The number of hydrogen-bond acceptors (Lipinski definition) is 2. The number of nitrogens with zero attached hydrogens (tertiary/aromatic N) is 2. The van der Waals surface area contributed by atoms with Gasteiger partial charge in [-0.1, -0.05) is 23.2 Å². The average Bonchev–Trinajstić information content (AvgIpc) is 1.80. The molecule has 1 aromatic heterocycles. The molecule has 47 valence electrons. The van der Waals surface area contributed by atoms with Crippen LogP contribution in [0.4, 0.5) is 0 Å². The van der Waals surface area contributed by atoms with Crippen molar-refractivity contribution in [1.29, 1.82) is 0 Å². The summed E-state index contributed by atoms with van der Waals surface area (Å²) in [5.74, 6) is 0. The van der Waals surface area contributed by atoms with Crippen LogP contribution in [0, 0.1) is 6.92 Å². The van der Waals surface area contributed by atoms with Crippen LogP contribution in [0.3, 0.4) is 0 Å². The Morgan fingerprint density at radius 1 is 1.33 bits per heavy atom. The fraction of sp³-hybridized carbons (Fsp3) is 0. The lowest BCUT2D eigenvalue weighted by Crippen LogP contribution is -1.85. The molecule has 2 nitrogen and oxygen atoms in total. The van der Waals surface area contributed by atoms with E-state index in [4.69, 9.17) is 23.2 Å². The largest absolute Gasteiger partial charge is 0.170 e. The van der Waals surface area contributed by atoms with Gasteiger partial charge in [-0.3, -0.25) is 0 Å². The molecule has 1 rings (SSSR count). The number of halogens is 2. The van der Waals surface area contributed by atoms with Gasteiger partial charge in [0.1, 0.15) is 0 Å². The number of hydrogen-bond donors (Lipinski definition) is 0. The van der Waals surface area contributed by atoms with E-state index >= 15 is 0 Å². The van der Waals surface area contributed by atoms with E-state index in [1.54, 1.807) is 6.07 Å². The quantitative estimate of drug-likeness (QED) is 0.582. The predicted octanol–water partition coefficient (Wildman–Crippen LogP) is 1.97. The van der Waals surface area contributed by atoms with Crippen molar-refractivity contribution in [2.24, 2.45) is 0 Å². The van der Waals surface area contributed by atoms with Gasteiger partial charge in [-0.15, -0.1) is 5.10 Å². The third kappa shape index (κ3) is 1.53. The highest BCUT2D eigenvalue weighted by atomic mass is 35.5. The van der Waals surface area contributed by atoms with E-state index in [1.807, 2.05) is 0 Å². The Kier molecular flexibility index (Phi) is 1.88. The van der Waals surface area contributed by atoms with Crippen LogP contribution in [0.5, 0.6) is 0 Å². The normalized spacial score (nSPS) is 9.67. The van der Waals surface area contributed by atoms with Crippen molar-refractivity contribution in [2.45, 2.75) is 0 Å². The van der Waals surface area contributed by atoms with Crippen LogP contribution in [0.1, 0.15) is 5.69 Å². The summed E-state index contributed by atoms with van der Waals surface area (Å²) < 4.78 is 0. The minimum atomic E-state index is 0.212. The van der Waals surface area contributed by atoms with Crippen molar-refractivity contribution >= 4 is 23.2 Å². The van der Waals surface area contributed by atoms with Gasteiger partial charge < -0.3 is 0 Å². The van der Waals surface area contributed by atoms with E-state index in [-0.39, 0.29) is 5.15 Å². The van der Waals surface area contributed by atoms with Gasteiger partial charge in [0.25, 0.3) is 0 Å². The fourth-order valence-corrected chi connectivity index (χ4v) is 0.647. The topological polar surface area (TPSA) is 25.8 Å². The average molecular weight is 162 g/mol. The van der Waals surface area contributed by atoms with E-state index < -0.39 is 0 Å². The Bertz CT molecular complexity index is 224. The van der Waals surface area contributed by atoms with Crippen LogP contribution in [-0.4, -0.2) is 10.2 Å². The lowest BCUT2D eigenvalue weighted by atomic mass is 10.4. The highest BCUT2D eigenvalue weighted by Gasteiger charge is 1.97. The summed E-state index contributed by atoms with van der Waals surface area (Å²) in [4.78, 5) is 0. The highest BCUT2D eigenvalue weighted by Crippen LogP contribution is 2.17. The van der Waals surface area contributed by atoms with E-state index in [1.165, 1.54) is 0 Å². The minimum absolute atomic E-state index is 0.212. The molecule has 1 heterocycles. The summed E-state index contributed by atoms with van der Waals surface area (Å²) in [7, 11) is 0. The Hall–Kier alpha value is -0.340. The second-order valence-corrected chi connectivity index (χ2v) is 2.24. The van der Waals surface area contributed by atoms with E-state index in [9.17, 15) is 0 Å². The molecule has 0 N–H and O–H groups in total. The molecule has 1 radical (unpaired) electrons. The minimum Gasteiger partial charge on any atom is -0.154 e. The first kappa shape index (κ1) is 6.78. The van der Waals surface area contributed by atoms with Crippen LogP contribution in [-0.2, 0) is 0 Å². The zero-order chi connectivity index (χ0) is 6.85. The molecule has 0 bridgehead atoms. The lowest BCUT2D eigenvalue weighted by Gasteiger charge is -1.91. The van der Waals surface area contributed by atoms with Gasteiger partial charge in [-0.2, -0.15) is 5.10 Å². The molecule has 0 unspecified atom stereocenters. The molecule has 9 heavy (non-hydrogen) atoms.